The summed E-state index contributed by atoms with van der Waals surface area (Å²) in [4.78, 5) is 0. The zero-order valence-electron chi connectivity index (χ0n) is 11.8. The first-order valence-electron chi connectivity index (χ1n) is 7.07. The number of nitrogens with one attached hydrogen (secondary N) is 1. The summed E-state index contributed by atoms with van der Waals surface area (Å²) in [5.41, 5.74) is 1.08. The molecule has 20 heavy (non-hydrogen) atoms. The number of fused-ring (bicyclic) bond motifs is 1. The molecule has 5 nitrogen and oxygen atoms in total. The standard InChI is InChI=1S/C15H21NO4/c1-17-9-13(7-16-12-3-4-12)18-8-11-2-5-14-15(6-11)20-10-19-14/h2,5-6,12-13,16H,3-4,7-10H2,1H3. The van der Waals surface area contributed by atoms with Crippen LogP contribution in [0.4, 0.5) is 0 Å². The minimum absolute atomic E-state index is 0.0750. The molecule has 0 spiro atoms. The molecule has 0 bridgehead atoms. The molecule has 3 rings (SSSR count). The number of rotatable bonds is 8. The van der Waals surface area contributed by atoms with Gasteiger partial charge in [0.25, 0.3) is 0 Å². The lowest BCUT2D eigenvalue weighted by molar-refractivity contribution is -0.0103. The Labute approximate surface area is 119 Å². The van der Waals surface area contributed by atoms with Crippen molar-refractivity contribution < 1.29 is 18.9 Å². The third-order valence-electron chi connectivity index (χ3n) is 3.49. The van der Waals surface area contributed by atoms with E-state index in [4.69, 9.17) is 18.9 Å². The molecule has 0 saturated heterocycles. The molecule has 1 unspecified atom stereocenters. The molecular weight excluding hydrogens is 258 g/mol. The van der Waals surface area contributed by atoms with E-state index in [9.17, 15) is 0 Å². The van der Waals surface area contributed by atoms with Gasteiger partial charge in [-0.25, -0.2) is 0 Å². The Balaban J connectivity index is 1.50. The predicted molar refractivity (Wildman–Crippen MR) is 74.0 cm³/mol. The third-order valence-corrected chi connectivity index (χ3v) is 3.49. The maximum atomic E-state index is 5.92. The molecule has 0 radical (unpaired) electrons. The molecule has 2 aliphatic rings. The number of hydrogen-bond acceptors (Lipinski definition) is 5. The number of benzene rings is 1. The van der Waals surface area contributed by atoms with Crippen LogP contribution in [0.2, 0.25) is 0 Å². The van der Waals surface area contributed by atoms with E-state index >= 15 is 0 Å². The lowest BCUT2D eigenvalue weighted by Crippen LogP contribution is -2.33. The van der Waals surface area contributed by atoms with Crippen LogP contribution in [0.15, 0.2) is 18.2 Å². The van der Waals surface area contributed by atoms with E-state index in [2.05, 4.69) is 5.32 Å². The van der Waals surface area contributed by atoms with Crippen molar-refractivity contribution in [3.05, 3.63) is 23.8 Å². The topological polar surface area (TPSA) is 49.0 Å². The molecule has 1 N–H and O–H groups in total. The predicted octanol–water partition coefficient (Wildman–Crippen LogP) is 1.70. The van der Waals surface area contributed by atoms with E-state index in [0.717, 1.165) is 23.6 Å². The van der Waals surface area contributed by atoms with Crippen LogP contribution in [0.3, 0.4) is 0 Å². The highest BCUT2D eigenvalue weighted by molar-refractivity contribution is 5.44. The van der Waals surface area contributed by atoms with E-state index in [1.807, 2.05) is 18.2 Å². The van der Waals surface area contributed by atoms with E-state index in [-0.39, 0.29) is 6.10 Å². The van der Waals surface area contributed by atoms with Crippen LogP contribution in [0.5, 0.6) is 11.5 Å². The Morgan fingerprint density at radius 2 is 2.15 bits per heavy atom. The SMILES string of the molecule is COCC(CNC1CC1)OCc1ccc2c(c1)OCO2. The Morgan fingerprint density at radius 3 is 2.95 bits per heavy atom. The van der Waals surface area contributed by atoms with Crippen LogP contribution in [0.25, 0.3) is 0 Å². The van der Waals surface area contributed by atoms with Gasteiger partial charge in [0.2, 0.25) is 6.79 Å². The molecule has 1 fully saturated rings. The molecule has 110 valence electrons. The van der Waals surface area contributed by atoms with E-state index in [1.165, 1.54) is 12.8 Å². The van der Waals surface area contributed by atoms with Crippen molar-refractivity contribution in [1.82, 2.24) is 5.32 Å². The van der Waals surface area contributed by atoms with Gasteiger partial charge in [-0.15, -0.1) is 0 Å². The summed E-state index contributed by atoms with van der Waals surface area (Å²) >= 11 is 0. The van der Waals surface area contributed by atoms with Gasteiger partial charge in [0, 0.05) is 19.7 Å². The smallest absolute Gasteiger partial charge is 0.231 e. The zero-order valence-corrected chi connectivity index (χ0v) is 11.8. The second kappa shape index (κ2) is 6.43. The molecule has 0 aromatic heterocycles. The second-order valence-electron chi connectivity index (χ2n) is 5.26. The Hall–Kier alpha value is -1.30. The largest absolute Gasteiger partial charge is 0.454 e. The normalized spacial score (nSPS) is 18.2. The summed E-state index contributed by atoms with van der Waals surface area (Å²) in [7, 11) is 1.70. The fourth-order valence-corrected chi connectivity index (χ4v) is 2.18. The molecule has 5 heteroatoms. The van der Waals surface area contributed by atoms with E-state index in [0.29, 0.717) is 26.0 Å². The minimum atomic E-state index is 0.0750. The van der Waals surface area contributed by atoms with Crippen molar-refractivity contribution >= 4 is 0 Å². The van der Waals surface area contributed by atoms with Gasteiger partial charge in [-0.1, -0.05) is 6.07 Å². The highest BCUT2D eigenvalue weighted by Crippen LogP contribution is 2.32. The maximum absolute atomic E-state index is 5.92. The molecule has 1 aliphatic heterocycles. The quantitative estimate of drug-likeness (QED) is 0.785. The minimum Gasteiger partial charge on any atom is -0.454 e. The third kappa shape index (κ3) is 3.62. The monoisotopic (exact) mass is 279 g/mol. The van der Waals surface area contributed by atoms with Crippen molar-refractivity contribution in [3.63, 3.8) is 0 Å². The molecular formula is C15H21NO4. The highest BCUT2D eigenvalue weighted by Gasteiger charge is 2.22. The average molecular weight is 279 g/mol. The van der Waals surface area contributed by atoms with Gasteiger partial charge in [-0.2, -0.15) is 0 Å². The summed E-state index contributed by atoms with van der Waals surface area (Å²) < 4.78 is 21.8. The van der Waals surface area contributed by atoms with Gasteiger partial charge in [0.15, 0.2) is 11.5 Å². The average Bonchev–Trinajstić information content (AvgIpc) is 3.17. The van der Waals surface area contributed by atoms with Crippen molar-refractivity contribution in [2.75, 3.05) is 27.1 Å². The number of ether oxygens (including phenoxy) is 4. The van der Waals surface area contributed by atoms with Crippen molar-refractivity contribution in [2.24, 2.45) is 0 Å². The molecule has 1 saturated carbocycles. The molecule has 1 heterocycles. The molecule has 1 aromatic carbocycles. The van der Waals surface area contributed by atoms with Crippen LogP contribution in [-0.4, -0.2) is 39.2 Å². The summed E-state index contributed by atoms with van der Waals surface area (Å²) in [6, 6.07) is 6.59. The first-order chi connectivity index (χ1) is 9.85. The van der Waals surface area contributed by atoms with Crippen molar-refractivity contribution in [2.45, 2.75) is 31.6 Å². The molecule has 1 aromatic rings. The zero-order chi connectivity index (χ0) is 13.8. The van der Waals surface area contributed by atoms with Gasteiger partial charge in [0.05, 0.1) is 19.3 Å². The first-order valence-corrected chi connectivity index (χ1v) is 7.07. The lowest BCUT2D eigenvalue weighted by atomic mass is 10.2. The summed E-state index contributed by atoms with van der Waals surface area (Å²) in [6.45, 7) is 2.29. The van der Waals surface area contributed by atoms with E-state index in [1.54, 1.807) is 7.11 Å². The lowest BCUT2D eigenvalue weighted by Gasteiger charge is -2.18. The van der Waals surface area contributed by atoms with Gasteiger partial charge in [-0.3, -0.25) is 0 Å². The van der Waals surface area contributed by atoms with Gasteiger partial charge in [-0.05, 0) is 30.5 Å². The van der Waals surface area contributed by atoms with Crippen LogP contribution < -0.4 is 14.8 Å². The van der Waals surface area contributed by atoms with Gasteiger partial charge in [0.1, 0.15) is 0 Å². The molecule has 1 atom stereocenters. The molecule has 1 aliphatic carbocycles. The molecule has 0 amide bonds. The van der Waals surface area contributed by atoms with Crippen LogP contribution in [0.1, 0.15) is 18.4 Å². The summed E-state index contributed by atoms with van der Waals surface area (Å²) in [5.74, 6) is 1.60. The maximum Gasteiger partial charge on any atom is 0.231 e. The van der Waals surface area contributed by atoms with Crippen molar-refractivity contribution in [3.8, 4) is 11.5 Å². The van der Waals surface area contributed by atoms with Gasteiger partial charge >= 0.3 is 0 Å². The Bertz CT molecular complexity index is 447. The van der Waals surface area contributed by atoms with Crippen LogP contribution in [-0.2, 0) is 16.1 Å². The highest BCUT2D eigenvalue weighted by atomic mass is 16.7. The Kier molecular flexibility index (Phi) is 4.40. The fraction of sp³-hybridized carbons (Fsp3) is 0.600. The first kappa shape index (κ1) is 13.7. The van der Waals surface area contributed by atoms with Gasteiger partial charge < -0.3 is 24.3 Å². The second-order valence-corrected chi connectivity index (χ2v) is 5.26. The van der Waals surface area contributed by atoms with E-state index < -0.39 is 0 Å². The number of hydrogen-bond donors (Lipinski definition) is 1. The van der Waals surface area contributed by atoms with Crippen LogP contribution >= 0.6 is 0 Å². The number of methoxy groups -OCH3 is 1. The summed E-state index contributed by atoms with van der Waals surface area (Å²) in [5, 5.41) is 3.47. The Morgan fingerprint density at radius 1 is 1.30 bits per heavy atom. The van der Waals surface area contributed by atoms with Crippen LogP contribution in [0, 0.1) is 0 Å². The van der Waals surface area contributed by atoms with Crippen molar-refractivity contribution in [1.29, 1.82) is 0 Å². The fourth-order valence-electron chi connectivity index (χ4n) is 2.18. The summed E-state index contributed by atoms with van der Waals surface area (Å²) in [6.07, 6.45) is 2.63.